The number of fused-ring (bicyclic) bond motifs is 1. The molecule has 0 saturated carbocycles. The normalized spacial score (nSPS) is 19.4. The van der Waals surface area contributed by atoms with Crippen LogP contribution in [0.3, 0.4) is 0 Å². The monoisotopic (exact) mass is 535 g/mol. The lowest BCUT2D eigenvalue weighted by atomic mass is 9.88. The van der Waals surface area contributed by atoms with Gasteiger partial charge in [-0.3, -0.25) is 9.78 Å². The van der Waals surface area contributed by atoms with Crippen molar-refractivity contribution in [2.75, 3.05) is 32.1 Å². The maximum atomic E-state index is 14.8. The molecule has 3 aromatic heterocycles. The number of carbonyl (C=O) groups is 1. The number of hydrogen-bond acceptors (Lipinski definition) is 7. The number of carbonyl (C=O) groups excluding carboxylic acids is 1. The number of methoxy groups -OCH3 is 1. The number of halogens is 2. The third kappa shape index (κ3) is 5.01. The molecule has 0 spiro atoms. The van der Waals surface area contributed by atoms with E-state index in [0.717, 1.165) is 23.4 Å². The Morgan fingerprint density at radius 1 is 1.18 bits per heavy atom. The number of likely N-dealkylation sites (N-methyl/N-ethyl adjacent to an activating group) is 1. The predicted octanol–water partition coefficient (Wildman–Crippen LogP) is 3.30. The number of nitrogens with zero attached hydrogens (tertiary/aromatic N) is 6. The molecule has 2 N–H and O–H groups in total. The Morgan fingerprint density at radius 2 is 1.92 bits per heavy atom. The fraction of sp³-hybridized carbons (Fsp3) is 0.357. The zero-order chi connectivity index (χ0) is 27.8. The van der Waals surface area contributed by atoms with Crippen molar-refractivity contribution >= 4 is 17.1 Å². The van der Waals surface area contributed by atoms with Crippen LogP contribution in [-0.4, -0.2) is 69.7 Å². The molecular formula is C28H31F2N7O2. The Kier molecular flexibility index (Phi) is 7.17. The van der Waals surface area contributed by atoms with E-state index < -0.39 is 11.6 Å². The van der Waals surface area contributed by atoms with E-state index in [1.54, 1.807) is 54.1 Å². The van der Waals surface area contributed by atoms with Crippen molar-refractivity contribution in [1.29, 1.82) is 0 Å². The van der Waals surface area contributed by atoms with Crippen LogP contribution in [0.1, 0.15) is 25.2 Å². The molecular weight excluding hydrogens is 504 g/mol. The summed E-state index contributed by atoms with van der Waals surface area (Å²) in [7, 11) is 3.15. The zero-order valence-corrected chi connectivity index (χ0v) is 22.3. The van der Waals surface area contributed by atoms with Gasteiger partial charge in [0.25, 0.3) is 0 Å². The van der Waals surface area contributed by atoms with Crippen molar-refractivity contribution in [3.63, 3.8) is 0 Å². The molecule has 4 heterocycles. The first kappa shape index (κ1) is 26.5. The second-order valence-corrected chi connectivity index (χ2v) is 10.0. The summed E-state index contributed by atoms with van der Waals surface area (Å²) in [5.74, 6) is -0.701. The molecule has 1 aromatic carbocycles. The molecule has 1 aliphatic heterocycles. The Bertz CT molecular complexity index is 1490. The van der Waals surface area contributed by atoms with Crippen LogP contribution in [-0.2, 0) is 11.2 Å². The lowest BCUT2D eigenvalue weighted by Gasteiger charge is -2.46. The summed E-state index contributed by atoms with van der Waals surface area (Å²) in [4.78, 5) is 24.8. The van der Waals surface area contributed by atoms with Gasteiger partial charge in [-0.1, -0.05) is 6.92 Å². The predicted molar refractivity (Wildman–Crippen MR) is 144 cm³/mol. The van der Waals surface area contributed by atoms with Gasteiger partial charge in [0.1, 0.15) is 23.2 Å². The third-order valence-electron chi connectivity index (χ3n) is 7.43. The number of hydrogen-bond donors (Lipinski definition) is 1. The number of piperidine rings is 1. The van der Waals surface area contributed by atoms with Crippen molar-refractivity contribution in [2.24, 2.45) is 11.7 Å². The lowest BCUT2D eigenvalue weighted by Crippen LogP contribution is -2.62. The van der Waals surface area contributed by atoms with E-state index in [2.05, 4.69) is 26.9 Å². The van der Waals surface area contributed by atoms with Gasteiger partial charge in [-0.25, -0.2) is 18.3 Å². The molecule has 1 saturated heterocycles. The Hall–Kier alpha value is -4.12. The van der Waals surface area contributed by atoms with E-state index >= 15 is 0 Å². The van der Waals surface area contributed by atoms with Crippen LogP contribution in [0.25, 0.3) is 16.8 Å². The van der Waals surface area contributed by atoms with E-state index in [1.165, 1.54) is 7.11 Å². The van der Waals surface area contributed by atoms with E-state index in [1.807, 2.05) is 6.07 Å². The standard InChI is InChI=1S/C28H31F2N7O2/c1-16-14-36(15-23(31)28(16)35(3)17(2)38)25-7-8-32-12-18(25)9-26-33-13-19-5-6-24(34-37(19)26)27-21(29)10-20(39-4)11-22(27)30/h5-8,10-13,16,23,28H,9,14-15,31H2,1-4H3/t16-,23+,28-/m0/s1. The van der Waals surface area contributed by atoms with Crippen LogP contribution in [0.5, 0.6) is 5.75 Å². The topological polar surface area (TPSA) is 102 Å². The van der Waals surface area contributed by atoms with Gasteiger partial charge in [-0.05, 0) is 24.1 Å². The Labute approximate surface area is 225 Å². The van der Waals surface area contributed by atoms with Crippen LogP contribution in [0.4, 0.5) is 14.5 Å². The summed E-state index contributed by atoms with van der Waals surface area (Å²) < 4.78 is 36.1. The quantitative estimate of drug-likeness (QED) is 0.404. The molecule has 4 aromatic rings. The maximum absolute atomic E-state index is 14.8. The molecule has 1 amide bonds. The minimum atomic E-state index is -0.765. The summed E-state index contributed by atoms with van der Waals surface area (Å²) in [5, 5.41) is 4.53. The average Bonchev–Trinajstić information content (AvgIpc) is 3.29. The molecule has 0 unspecified atom stereocenters. The number of imidazole rings is 1. The number of ether oxygens (including phenoxy) is 1. The van der Waals surface area contributed by atoms with Gasteiger partial charge >= 0.3 is 0 Å². The van der Waals surface area contributed by atoms with Crippen LogP contribution in [0.15, 0.2) is 48.9 Å². The molecule has 9 nitrogen and oxygen atoms in total. The van der Waals surface area contributed by atoms with Gasteiger partial charge in [-0.2, -0.15) is 5.10 Å². The van der Waals surface area contributed by atoms with Crippen molar-refractivity contribution in [3.05, 3.63) is 71.9 Å². The van der Waals surface area contributed by atoms with Gasteiger partial charge in [-0.15, -0.1) is 0 Å². The van der Waals surface area contributed by atoms with Gasteiger partial charge in [0, 0.05) is 75.3 Å². The van der Waals surface area contributed by atoms with Crippen molar-refractivity contribution in [2.45, 2.75) is 32.4 Å². The van der Waals surface area contributed by atoms with Crippen molar-refractivity contribution < 1.29 is 18.3 Å². The number of anilines is 1. The number of benzene rings is 1. The van der Waals surface area contributed by atoms with E-state index in [-0.39, 0.29) is 40.9 Å². The largest absolute Gasteiger partial charge is 0.497 e. The van der Waals surface area contributed by atoms with Gasteiger partial charge in [0.15, 0.2) is 0 Å². The van der Waals surface area contributed by atoms with Crippen molar-refractivity contribution in [1.82, 2.24) is 24.5 Å². The highest BCUT2D eigenvalue weighted by atomic mass is 19.1. The third-order valence-corrected chi connectivity index (χ3v) is 7.43. The Balaban J connectivity index is 1.46. The Morgan fingerprint density at radius 3 is 2.59 bits per heavy atom. The summed E-state index contributed by atoms with van der Waals surface area (Å²) in [6.45, 7) is 4.94. The smallest absolute Gasteiger partial charge is 0.219 e. The summed E-state index contributed by atoms with van der Waals surface area (Å²) in [5.41, 5.74) is 9.04. The van der Waals surface area contributed by atoms with Crippen LogP contribution < -0.4 is 15.4 Å². The molecule has 3 atom stereocenters. The molecule has 5 rings (SSSR count). The maximum Gasteiger partial charge on any atom is 0.219 e. The first-order valence-corrected chi connectivity index (χ1v) is 12.7. The molecule has 1 fully saturated rings. The van der Waals surface area contributed by atoms with E-state index in [0.29, 0.717) is 30.9 Å². The number of rotatable bonds is 6. The highest BCUT2D eigenvalue weighted by molar-refractivity contribution is 5.73. The number of amides is 1. The number of pyridine rings is 1. The van der Waals surface area contributed by atoms with Gasteiger partial charge < -0.3 is 20.3 Å². The molecule has 0 aliphatic carbocycles. The first-order valence-electron chi connectivity index (χ1n) is 12.7. The van der Waals surface area contributed by atoms with Crippen molar-refractivity contribution in [3.8, 4) is 17.0 Å². The van der Waals surface area contributed by atoms with Crippen LogP contribution in [0.2, 0.25) is 0 Å². The first-order chi connectivity index (χ1) is 18.7. The highest BCUT2D eigenvalue weighted by Gasteiger charge is 2.36. The van der Waals surface area contributed by atoms with Gasteiger partial charge in [0.2, 0.25) is 5.91 Å². The number of nitrogens with two attached hydrogens (primary N) is 1. The van der Waals surface area contributed by atoms with E-state index in [9.17, 15) is 13.6 Å². The number of aromatic nitrogens is 4. The lowest BCUT2D eigenvalue weighted by molar-refractivity contribution is -0.131. The second kappa shape index (κ2) is 10.6. The van der Waals surface area contributed by atoms with E-state index in [4.69, 9.17) is 10.5 Å². The highest BCUT2D eigenvalue weighted by Crippen LogP contribution is 2.31. The SMILES string of the molecule is COc1cc(F)c(-c2ccc3cnc(Cc4cnccc4N4C[C@@H](N)[C@@H](N(C)C(C)=O)[C@@H](C)C4)n3n2)c(F)c1. The molecule has 11 heteroatoms. The average molecular weight is 536 g/mol. The summed E-state index contributed by atoms with van der Waals surface area (Å²) in [6, 6.07) is 7.21. The zero-order valence-electron chi connectivity index (χ0n) is 22.3. The van der Waals surface area contributed by atoms with Gasteiger partial charge in [0.05, 0.1) is 36.1 Å². The fourth-order valence-electron chi connectivity index (χ4n) is 5.52. The minimum absolute atomic E-state index is 0.00666. The molecule has 1 aliphatic rings. The molecule has 0 bridgehead atoms. The fourth-order valence-corrected chi connectivity index (χ4v) is 5.52. The summed E-state index contributed by atoms with van der Waals surface area (Å²) >= 11 is 0. The minimum Gasteiger partial charge on any atom is -0.497 e. The summed E-state index contributed by atoms with van der Waals surface area (Å²) in [6.07, 6.45) is 5.58. The molecule has 0 radical (unpaired) electrons. The van der Waals surface area contributed by atoms with Crippen LogP contribution >= 0.6 is 0 Å². The molecule has 204 valence electrons. The molecule has 39 heavy (non-hydrogen) atoms. The van der Waals surface area contributed by atoms with Crippen LogP contribution in [0, 0.1) is 17.6 Å². The second-order valence-electron chi connectivity index (χ2n) is 10.0.